The van der Waals surface area contributed by atoms with Crippen molar-refractivity contribution in [1.82, 2.24) is 15.1 Å². The molecule has 0 radical (unpaired) electrons. The quantitative estimate of drug-likeness (QED) is 0.715. The van der Waals surface area contributed by atoms with Crippen molar-refractivity contribution in [3.63, 3.8) is 0 Å². The standard InChI is InChI=1S/C14H29N3O2/c1-6-19-14(18)13(15-11(2)3)10-17-8-7-16(5)9-12(17)4/h11-13,15H,6-10H2,1-5H3. The van der Waals surface area contributed by atoms with E-state index in [0.29, 0.717) is 12.6 Å². The van der Waals surface area contributed by atoms with Crippen LogP contribution in [0.3, 0.4) is 0 Å². The summed E-state index contributed by atoms with van der Waals surface area (Å²) in [5.74, 6) is -0.137. The predicted octanol–water partition coefficient (Wildman–Crippen LogP) is 0.552. The fourth-order valence-corrected chi connectivity index (χ4v) is 2.52. The van der Waals surface area contributed by atoms with Gasteiger partial charge in [0.15, 0.2) is 0 Å². The molecule has 0 bridgehead atoms. The molecule has 0 aromatic carbocycles. The number of esters is 1. The van der Waals surface area contributed by atoms with Crippen molar-refractivity contribution < 1.29 is 9.53 Å². The summed E-state index contributed by atoms with van der Waals surface area (Å²) in [4.78, 5) is 16.7. The second-order valence-electron chi connectivity index (χ2n) is 5.73. The van der Waals surface area contributed by atoms with Crippen LogP contribution in [0.1, 0.15) is 27.7 Å². The molecule has 0 saturated carbocycles. The normalized spacial score (nSPS) is 23.6. The van der Waals surface area contributed by atoms with Crippen molar-refractivity contribution in [2.75, 3.05) is 39.8 Å². The van der Waals surface area contributed by atoms with Gasteiger partial charge in [0.05, 0.1) is 6.61 Å². The molecule has 0 aromatic heterocycles. The molecule has 0 aliphatic carbocycles. The first-order chi connectivity index (χ1) is 8.93. The Morgan fingerprint density at radius 3 is 2.63 bits per heavy atom. The Kier molecular flexibility index (Phi) is 6.75. The molecule has 5 heteroatoms. The molecule has 1 fully saturated rings. The summed E-state index contributed by atoms with van der Waals surface area (Å²) in [5, 5.41) is 3.31. The number of piperazine rings is 1. The molecule has 0 aromatic rings. The fourth-order valence-electron chi connectivity index (χ4n) is 2.52. The summed E-state index contributed by atoms with van der Waals surface area (Å²) in [7, 11) is 2.14. The van der Waals surface area contributed by atoms with Crippen LogP contribution in [0.15, 0.2) is 0 Å². The van der Waals surface area contributed by atoms with Crippen molar-refractivity contribution in [3.05, 3.63) is 0 Å². The number of hydrogen-bond acceptors (Lipinski definition) is 5. The zero-order valence-corrected chi connectivity index (χ0v) is 13.0. The second-order valence-corrected chi connectivity index (χ2v) is 5.73. The van der Waals surface area contributed by atoms with Crippen LogP contribution in [0, 0.1) is 0 Å². The highest BCUT2D eigenvalue weighted by Crippen LogP contribution is 2.09. The summed E-state index contributed by atoms with van der Waals surface area (Å²) in [6, 6.07) is 0.521. The van der Waals surface area contributed by atoms with Crippen molar-refractivity contribution in [2.24, 2.45) is 0 Å². The van der Waals surface area contributed by atoms with E-state index in [4.69, 9.17) is 4.74 Å². The lowest BCUT2D eigenvalue weighted by Crippen LogP contribution is -2.56. The van der Waals surface area contributed by atoms with Crippen LogP contribution in [-0.2, 0) is 9.53 Å². The number of carbonyl (C=O) groups excluding carboxylic acids is 1. The lowest BCUT2D eigenvalue weighted by atomic mass is 10.1. The second kappa shape index (κ2) is 7.82. The molecule has 1 aliphatic rings. The molecule has 2 atom stereocenters. The highest BCUT2D eigenvalue weighted by molar-refractivity contribution is 5.76. The number of nitrogens with zero attached hydrogens (tertiary/aromatic N) is 2. The molecule has 1 N–H and O–H groups in total. The lowest BCUT2D eigenvalue weighted by molar-refractivity contribution is -0.146. The van der Waals surface area contributed by atoms with Crippen LogP contribution in [0.5, 0.6) is 0 Å². The van der Waals surface area contributed by atoms with Crippen LogP contribution < -0.4 is 5.32 Å². The smallest absolute Gasteiger partial charge is 0.324 e. The molecule has 1 heterocycles. The number of carbonyl (C=O) groups is 1. The van der Waals surface area contributed by atoms with Crippen molar-refractivity contribution in [3.8, 4) is 0 Å². The molecular weight excluding hydrogens is 242 g/mol. The molecule has 0 spiro atoms. The van der Waals surface area contributed by atoms with E-state index in [0.717, 1.165) is 26.2 Å². The van der Waals surface area contributed by atoms with Gasteiger partial charge in [-0.05, 0) is 20.9 Å². The Labute approximate surface area is 117 Å². The SMILES string of the molecule is CCOC(=O)C(CN1CCN(C)CC1C)NC(C)C. The summed E-state index contributed by atoms with van der Waals surface area (Å²) in [6.45, 7) is 12.5. The van der Waals surface area contributed by atoms with Gasteiger partial charge in [0.25, 0.3) is 0 Å². The van der Waals surface area contributed by atoms with E-state index >= 15 is 0 Å². The molecule has 0 amide bonds. The van der Waals surface area contributed by atoms with E-state index in [1.807, 2.05) is 6.92 Å². The molecule has 1 rings (SSSR count). The van der Waals surface area contributed by atoms with Crippen molar-refractivity contribution in [1.29, 1.82) is 0 Å². The highest BCUT2D eigenvalue weighted by Gasteiger charge is 2.28. The van der Waals surface area contributed by atoms with Gasteiger partial charge in [-0.2, -0.15) is 0 Å². The largest absolute Gasteiger partial charge is 0.465 e. The van der Waals surface area contributed by atoms with Crippen LogP contribution in [0.25, 0.3) is 0 Å². The maximum absolute atomic E-state index is 12.0. The molecule has 19 heavy (non-hydrogen) atoms. The summed E-state index contributed by atoms with van der Waals surface area (Å²) in [5.41, 5.74) is 0. The topological polar surface area (TPSA) is 44.8 Å². The van der Waals surface area contributed by atoms with Gasteiger partial charge in [-0.1, -0.05) is 13.8 Å². The Morgan fingerprint density at radius 1 is 1.42 bits per heavy atom. The van der Waals surface area contributed by atoms with Crippen molar-refractivity contribution in [2.45, 2.75) is 45.8 Å². The maximum atomic E-state index is 12.0. The van der Waals surface area contributed by atoms with E-state index in [9.17, 15) is 4.79 Å². The number of rotatable bonds is 6. The van der Waals surface area contributed by atoms with Gasteiger partial charge in [-0.15, -0.1) is 0 Å². The Balaban J connectivity index is 2.58. The van der Waals surface area contributed by atoms with Crippen LogP contribution in [0.4, 0.5) is 0 Å². The average Bonchev–Trinajstić information content (AvgIpc) is 2.31. The van der Waals surface area contributed by atoms with Gasteiger partial charge in [0.1, 0.15) is 6.04 Å². The minimum absolute atomic E-state index is 0.137. The fraction of sp³-hybridized carbons (Fsp3) is 0.929. The van der Waals surface area contributed by atoms with Gasteiger partial charge in [-0.3, -0.25) is 9.69 Å². The van der Waals surface area contributed by atoms with E-state index in [1.165, 1.54) is 0 Å². The third kappa shape index (κ3) is 5.47. The third-order valence-corrected chi connectivity index (χ3v) is 3.49. The van der Waals surface area contributed by atoms with Crippen LogP contribution in [-0.4, -0.2) is 73.7 Å². The molecule has 1 saturated heterocycles. The van der Waals surface area contributed by atoms with E-state index < -0.39 is 0 Å². The highest BCUT2D eigenvalue weighted by atomic mass is 16.5. The molecular formula is C14H29N3O2. The molecule has 5 nitrogen and oxygen atoms in total. The van der Waals surface area contributed by atoms with E-state index in [1.54, 1.807) is 0 Å². The first-order valence-corrected chi connectivity index (χ1v) is 7.29. The minimum Gasteiger partial charge on any atom is -0.465 e. The molecule has 2 unspecified atom stereocenters. The van der Waals surface area contributed by atoms with Gasteiger partial charge >= 0.3 is 5.97 Å². The number of ether oxygens (including phenoxy) is 1. The summed E-state index contributed by atoms with van der Waals surface area (Å²) >= 11 is 0. The van der Waals surface area contributed by atoms with E-state index in [-0.39, 0.29) is 18.1 Å². The first-order valence-electron chi connectivity index (χ1n) is 7.29. The predicted molar refractivity (Wildman–Crippen MR) is 77.2 cm³/mol. The maximum Gasteiger partial charge on any atom is 0.324 e. The Bertz CT molecular complexity index is 284. The minimum atomic E-state index is -0.231. The van der Waals surface area contributed by atoms with Gasteiger partial charge < -0.3 is 15.0 Å². The lowest BCUT2D eigenvalue weighted by Gasteiger charge is -2.39. The molecule has 112 valence electrons. The van der Waals surface area contributed by atoms with Gasteiger partial charge in [-0.25, -0.2) is 0 Å². The summed E-state index contributed by atoms with van der Waals surface area (Å²) < 4.78 is 5.16. The number of likely N-dealkylation sites (N-methyl/N-ethyl adjacent to an activating group) is 1. The van der Waals surface area contributed by atoms with Gasteiger partial charge in [0, 0.05) is 38.3 Å². The zero-order chi connectivity index (χ0) is 14.4. The van der Waals surface area contributed by atoms with Crippen molar-refractivity contribution >= 4 is 5.97 Å². The number of nitrogens with one attached hydrogen (secondary N) is 1. The Hall–Kier alpha value is -0.650. The zero-order valence-electron chi connectivity index (χ0n) is 13.0. The Morgan fingerprint density at radius 2 is 2.11 bits per heavy atom. The average molecular weight is 271 g/mol. The monoisotopic (exact) mass is 271 g/mol. The number of hydrogen-bond donors (Lipinski definition) is 1. The van der Waals surface area contributed by atoms with Gasteiger partial charge in [0.2, 0.25) is 0 Å². The first kappa shape index (κ1) is 16.4. The third-order valence-electron chi connectivity index (χ3n) is 3.49. The van der Waals surface area contributed by atoms with Crippen LogP contribution in [0.2, 0.25) is 0 Å². The molecule has 1 aliphatic heterocycles. The van der Waals surface area contributed by atoms with E-state index in [2.05, 4.69) is 42.9 Å². The van der Waals surface area contributed by atoms with Crippen LogP contribution >= 0.6 is 0 Å². The summed E-state index contributed by atoms with van der Waals surface area (Å²) in [6.07, 6.45) is 0.